The summed E-state index contributed by atoms with van der Waals surface area (Å²) in [5.41, 5.74) is 0.451. The molecule has 1 aromatic heterocycles. The normalized spacial score (nSPS) is 17.9. The Balaban J connectivity index is 2.08. The van der Waals surface area contributed by atoms with E-state index < -0.39 is 54.3 Å². The number of amides is 3. The first-order valence-electron chi connectivity index (χ1n) is 10.8. The Morgan fingerprint density at radius 2 is 1.82 bits per heavy atom. The number of aromatic amines is 1. The lowest BCUT2D eigenvalue weighted by molar-refractivity contribution is -0.143. The van der Waals surface area contributed by atoms with E-state index in [1.54, 1.807) is 0 Å². The molecule has 0 saturated carbocycles. The number of carboxylic acid groups (broad SMARTS) is 2. The van der Waals surface area contributed by atoms with Crippen molar-refractivity contribution >= 4 is 41.4 Å². The van der Waals surface area contributed by atoms with Crippen LogP contribution in [0, 0.1) is 0 Å². The number of nitrogens with one attached hydrogen (secondary N) is 5. The third kappa shape index (κ3) is 8.67. The van der Waals surface area contributed by atoms with Crippen LogP contribution in [0.15, 0.2) is 12.5 Å². The van der Waals surface area contributed by atoms with Crippen molar-refractivity contribution in [2.45, 2.75) is 56.3 Å². The third-order valence-electron chi connectivity index (χ3n) is 5.23. The standard InChI is InChI=1S/C20H30N6O7S/c1-34-6-4-13(24-17(29)12-3-2-5-22-12)18(30)25-14(8-16(27)28)19(31)26-15(20(32)33)7-11-9-21-10-23-11/h9-10,12-15,22H,2-8H2,1H3,(H,21,23)(H,24,29)(H,25,30)(H,26,31)(H,27,28)(H,32,33). The van der Waals surface area contributed by atoms with E-state index in [1.165, 1.54) is 24.3 Å². The number of carbonyl (C=O) groups is 5. The molecule has 188 valence electrons. The van der Waals surface area contributed by atoms with Gasteiger partial charge in [0.05, 0.1) is 18.8 Å². The fourth-order valence-electron chi connectivity index (χ4n) is 3.43. The molecular formula is C20H30N6O7S. The highest BCUT2D eigenvalue weighted by atomic mass is 32.2. The summed E-state index contributed by atoms with van der Waals surface area (Å²) in [4.78, 5) is 67.6. The zero-order valence-electron chi connectivity index (χ0n) is 18.7. The van der Waals surface area contributed by atoms with Crippen LogP contribution in [0.25, 0.3) is 0 Å². The molecule has 2 heterocycles. The number of hydrogen-bond donors (Lipinski definition) is 7. The molecule has 0 radical (unpaired) electrons. The topological polar surface area (TPSA) is 203 Å². The fraction of sp³-hybridized carbons (Fsp3) is 0.600. The van der Waals surface area contributed by atoms with Crippen LogP contribution in [0.4, 0.5) is 0 Å². The average molecular weight is 499 g/mol. The van der Waals surface area contributed by atoms with Gasteiger partial charge in [-0.15, -0.1) is 0 Å². The van der Waals surface area contributed by atoms with E-state index in [1.807, 2.05) is 6.26 Å². The van der Waals surface area contributed by atoms with Crippen molar-refractivity contribution in [1.29, 1.82) is 0 Å². The van der Waals surface area contributed by atoms with Crippen LogP contribution in [0.5, 0.6) is 0 Å². The Morgan fingerprint density at radius 3 is 2.38 bits per heavy atom. The molecule has 13 nitrogen and oxygen atoms in total. The molecule has 0 aromatic carbocycles. The highest BCUT2D eigenvalue weighted by molar-refractivity contribution is 7.98. The maximum Gasteiger partial charge on any atom is 0.326 e. The molecule has 1 aliphatic rings. The van der Waals surface area contributed by atoms with Crippen LogP contribution in [-0.2, 0) is 30.4 Å². The largest absolute Gasteiger partial charge is 0.481 e. The summed E-state index contributed by atoms with van der Waals surface area (Å²) in [5.74, 6) is -4.18. The first-order chi connectivity index (χ1) is 16.2. The highest BCUT2D eigenvalue weighted by Gasteiger charge is 2.32. The summed E-state index contributed by atoms with van der Waals surface area (Å²) in [6, 6.07) is -4.30. The monoisotopic (exact) mass is 498 g/mol. The second-order valence-corrected chi connectivity index (χ2v) is 8.82. The predicted molar refractivity (Wildman–Crippen MR) is 122 cm³/mol. The van der Waals surface area contributed by atoms with Gasteiger partial charge in [-0.2, -0.15) is 11.8 Å². The highest BCUT2D eigenvalue weighted by Crippen LogP contribution is 2.08. The van der Waals surface area contributed by atoms with Gasteiger partial charge in [0.15, 0.2) is 0 Å². The summed E-state index contributed by atoms with van der Waals surface area (Å²) < 4.78 is 0. The molecule has 1 aromatic rings. The molecule has 0 aliphatic carbocycles. The summed E-state index contributed by atoms with van der Waals surface area (Å²) in [7, 11) is 0. The predicted octanol–water partition coefficient (Wildman–Crippen LogP) is -1.53. The third-order valence-corrected chi connectivity index (χ3v) is 5.87. The molecule has 3 amide bonds. The average Bonchev–Trinajstić information content (AvgIpc) is 3.49. The van der Waals surface area contributed by atoms with Gasteiger partial charge in [0, 0.05) is 18.3 Å². The van der Waals surface area contributed by atoms with Gasteiger partial charge in [0.1, 0.15) is 18.1 Å². The summed E-state index contributed by atoms with van der Waals surface area (Å²) >= 11 is 1.46. The van der Waals surface area contributed by atoms with Crippen molar-refractivity contribution in [2.75, 3.05) is 18.6 Å². The Kier molecular flexibility index (Phi) is 10.8. The lowest BCUT2D eigenvalue weighted by atomic mass is 10.1. The molecule has 7 N–H and O–H groups in total. The van der Waals surface area contributed by atoms with Crippen molar-refractivity contribution in [3.05, 3.63) is 18.2 Å². The van der Waals surface area contributed by atoms with Crippen LogP contribution < -0.4 is 21.3 Å². The number of aliphatic carboxylic acids is 2. The van der Waals surface area contributed by atoms with Gasteiger partial charge in [-0.05, 0) is 37.8 Å². The minimum atomic E-state index is -1.54. The van der Waals surface area contributed by atoms with Gasteiger partial charge in [0.25, 0.3) is 0 Å². The van der Waals surface area contributed by atoms with Crippen LogP contribution in [0.2, 0.25) is 0 Å². The minimum absolute atomic E-state index is 0.115. The maximum atomic E-state index is 12.9. The molecule has 1 fully saturated rings. The Bertz CT molecular complexity index is 860. The van der Waals surface area contributed by atoms with E-state index in [0.29, 0.717) is 24.4 Å². The summed E-state index contributed by atoms with van der Waals surface area (Å²) in [5, 5.41) is 29.0. The summed E-state index contributed by atoms with van der Waals surface area (Å²) in [6.45, 7) is 0.698. The molecule has 1 saturated heterocycles. The summed E-state index contributed by atoms with van der Waals surface area (Å²) in [6.07, 6.45) is 5.46. The molecular weight excluding hydrogens is 468 g/mol. The van der Waals surface area contributed by atoms with Gasteiger partial charge in [-0.25, -0.2) is 9.78 Å². The first kappa shape index (κ1) is 27.1. The quantitative estimate of drug-likeness (QED) is 0.158. The number of carboxylic acids is 2. The van der Waals surface area contributed by atoms with Crippen molar-refractivity contribution in [3.63, 3.8) is 0 Å². The second kappa shape index (κ2) is 13.5. The molecule has 0 spiro atoms. The van der Waals surface area contributed by atoms with Crippen LogP contribution in [0.3, 0.4) is 0 Å². The van der Waals surface area contributed by atoms with Gasteiger partial charge < -0.3 is 36.5 Å². The van der Waals surface area contributed by atoms with Crippen molar-refractivity contribution in [1.82, 2.24) is 31.2 Å². The lowest BCUT2D eigenvalue weighted by Gasteiger charge is -2.24. The van der Waals surface area contributed by atoms with Crippen molar-refractivity contribution in [3.8, 4) is 0 Å². The molecule has 4 unspecified atom stereocenters. The van der Waals surface area contributed by atoms with Gasteiger partial charge in [-0.1, -0.05) is 0 Å². The Labute approximate surface area is 200 Å². The van der Waals surface area contributed by atoms with E-state index >= 15 is 0 Å². The number of rotatable bonds is 14. The van der Waals surface area contributed by atoms with Gasteiger partial charge in [-0.3, -0.25) is 19.2 Å². The smallest absolute Gasteiger partial charge is 0.326 e. The maximum absolute atomic E-state index is 12.9. The zero-order chi connectivity index (χ0) is 25.1. The number of H-pyrrole nitrogens is 1. The molecule has 4 atom stereocenters. The molecule has 14 heteroatoms. The van der Waals surface area contributed by atoms with Crippen LogP contribution >= 0.6 is 11.8 Å². The molecule has 1 aliphatic heterocycles. The van der Waals surface area contributed by atoms with Gasteiger partial charge >= 0.3 is 11.9 Å². The first-order valence-corrected chi connectivity index (χ1v) is 12.2. The van der Waals surface area contributed by atoms with Crippen LogP contribution in [0.1, 0.15) is 31.4 Å². The molecule has 0 bridgehead atoms. The number of carbonyl (C=O) groups excluding carboxylic acids is 3. The number of nitrogens with zero attached hydrogens (tertiary/aromatic N) is 1. The van der Waals surface area contributed by atoms with E-state index in [4.69, 9.17) is 0 Å². The van der Waals surface area contributed by atoms with Crippen molar-refractivity contribution in [2.24, 2.45) is 0 Å². The molecule has 34 heavy (non-hydrogen) atoms. The van der Waals surface area contributed by atoms with E-state index in [2.05, 4.69) is 31.2 Å². The Hall–Kier alpha value is -3.13. The van der Waals surface area contributed by atoms with Crippen molar-refractivity contribution < 1.29 is 34.2 Å². The van der Waals surface area contributed by atoms with Crippen LogP contribution in [-0.4, -0.2) is 92.6 Å². The number of aromatic nitrogens is 2. The Morgan fingerprint density at radius 1 is 1.12 bits per heavy atom. The second-order valence-electron chi connectivity index (χ2n) is 7.83. The van der Waals surface area contributed by atoms with E-state index in [0.717, 1.165) is 6.42 Å². The number of hydrogen-bond acceptors (Lipinski definition) is 8. The number of thioether (sulfide) groups is 1. The zero-order valence-corrected chi connectivity index (χ0v) is 19.5. The van der Waals surface area contributed by atoms with Gasteiger partial charge in [0.2, 0.25) is 17.7 Å². The SMILES string of the molecule is CSCCC(NC(=O)C1CCCN1)C(=O)NC(CC(=O)O)C(=O)NC(Cc1cnc[nH]1)C(=O)O. The fourth-order valence-corrected chi connectivity index (χ4v) is 3.90. The van der Waals surface area contributed by atoms with E-state index in [9.17, 15) is 34.2 Å². The van der Waals surface area contributed by atoms with E-state index in [-0.39, 0.29) is 18.7 Å². The minimum Gasteiger partial charge on any atom is -0.481 e. The lowest BCUT2D eigenvalue weighted by Crippen LogP contribution is -2.57. The molecule has 2 rings (SSSR count). The number of imidazole rings is 1.